The molecule has 1 aliphatic heterocycles. The highest BCUT2D eigenvalue weighted by molar-refractivity contribution is 8.04. The van der Waals surface area contributed by atoms with Crippen molar-refractivity contribution in [3.05, 3.63) is 76.2 Å². The summed E-state index contributed by atoms with van der Waals surface area (Å²) < 4.78 is 0. The summed E-state index contributed by atoms with van der Waals surface area (Å²) in [6.45, 7) is 2.71. The molecule has 2 amide bonds. The maximum Gasteiger partial charge on any atom is 0.260 e. The fourth-order valence-electron chi connectivity index (χ4n) is 4.47. The number of benzene rings is 2. The first kappa shape index (κ1) is 21.7. The average Bonchev–Trinajstić information content (AvgIpc) is 2.79. The average molecular weight is 435 g/mol. The molecule has 162 valence electrons. The lowest BCUT2D eigenvalue weighted by molar-refractivity contribution is -0.131. The summed E-state index contributed by atoms with van der Waals surface area (Å²) >= 11 is 1.69. The Morgan fingerprint density at radius 1 is 1.13 bits per heavy atom. The minimum Gasteiger partial charge on any atom is -0.356 e. The smallest absolute Gasteiger partial charge is 0.260 e. The Hall–Kier alpha value is -2.53. The van der Waals surface area contributed by atoms with Gasteiger partial charge in [0, 0.05) is 30.8 Å². The Balaban J connectivity index is 1.35. The first-order chi connectivity index (χ1) is 15.0. The molecule has 2 aromatic carbocycles. The number of aryl methyl sites for hydroxylation is 1. The van der Waals surface area contributed by atoms with Gasteiger partial charge >= 0.3 is 0 Å². The molecule has 1 saturated carbocycles. The van der Waals surface area contributed by atoms with Gasteiger partial charge in [-0.25, -0.2) is 0 Å². The first-order valence-corrected chi connectivity index (χ1v) is 11.9. The molecule has 31 heavy (non-hydrogen) atoms. The molecule has 1 saturated heterocycles. The van der Waals surface area contributed by atoms with Crippen molar-refractivity contribution in [2.75, 3.05) is 13.6 Å². The van der Waals surface area contributed by atoms with Crippen molar-refractivity contribution in [3.8, 4) is 0 Å². The maximum atomic E-state index is 13.0. The molecule has 0 aromatic heterocycles. The predicted molar refractivity (Wildman–Crippen MR) is 128 cm³/mol. The zero-order valence-electron chi connectivity index (χ0n) is 18.2. The maximum absolute atomic E-state index is 13.0. The zero-order chi connectivity index (χ0) is 21.8. The fraction of sp³-hybridized carbons (Fsp3) is 0.385. The highest BCUT2D eigenvalue weighted by atomic mass is 32.2. The number of hydrogen-bond donors (Lipinski definition) is 1. The number of hydrogen-bond acceptors (Lipinski definition) is 3. The molecule has 1 N–H and O–H groups in total. The number of nitrogens with one attached hydrogen (secondary N) is 1. The minimum absolute atomic E-state index is 0.0181. The Morgan fingerprint density at radius 2 is 1.87 bits per heavy atom. The van der Waals surface area contributed by atoms with E-state index >= 15 is 0 Å². The molecule has 0 bridgehead atoms. The van der Waals surface area contributed by atoms with E-state index in [1.807, 2.05) is 36.2 Å². The van der Waals surface area contributed by atoms with E-state index in [9.17, 15) is 9.59 Å². The van der Waals surface area contributed by atoms with Crippen molar-refractivity contribution < 1.29 is 9.59 Å². The lowest BCUT2D eigenvalue weighted by atomic mass is 9.83. The standard InChI is InChI=1S/C26H30N2O2S/c1-18-8-10-20(11-9-18)16-24-26(30)28(2)22-17-21(12-13-23(22)31-24)25(29)27-15-14-19-6-4-3-5-7-19/h3-11,16,21-23H,12-15,17H2,1-2H3,(H,27,29)/b24-16-. The molecule has 2 fully saturated rings. The minimum atomic E-state index is -0.0181. The highest BCUT2D eigenvalue weighted by Gasteiger charge is 2.42. The first-order valence-electron chi connectivity index (χ1n) is 11.0. The Bertz CT molecular complexity index is 955. The van der Waals surface area contributed by atoms with Crippen LogP contribution in [-0.4, -0.2) is 41.6 Å². The lowest BCUT2D eigenvalue weighted by Crippen LogP contribution is -2.52. The van der Waals surface area contributed by atoms with Crippen molar-refractivity contribution in [2.24, 2.45) is 5.92 Å². The summed E-state index contributed by atoms with van der Waals surface area (Å²) in [5.74, 6) is 0.175. The molecule has 0 spiro atoms. The molecule has 2 aliphatic rings. The van der Waals surface area contributed by atoms with Crippen LogP contribution in [0.25, 0.3) is 6.08 Å². The van der Waals surface area contributed by atoms with Crippen LogP contribution in [0.4, 0.5) is 0 Å². The fourth-order valence-corrected chi connectivity index (χ4v) is 5.95. The zero-order valence-corrected chi connectivity index (χ0v) is 19.0. The van der Waals surface area contributed by atoms with Crippen molar-refractivity contribution in [1.29, 1.82) is 0 Å². The van der Waals surface area contributed by atoms with E-state index in [0.717, 1.165) is 36.2 Å². The molecule has 1 aliphatic carbocycles. The van der Waals surface area contributed by atoms with Gasteiger partial charge in [0.15, 0.2) is 0 Å². The lowest BCUT2D eigenvalue weighted by Gasteiger charge is -2.44. The Labute approximate surface area is 189 Å². The van der Waals surface area contributed by atoms with Crippen LogP contribution in [0.3, 0.4) is 0 Å². The molecule has 4 rings (SSSR count). The summed E-state index contributed by atoms with van der Waals surface area (Å²) in [5, 5.41) is 3.46. The molecule has 2 aromatic rings. The van der Waals surface area contributed by atoms with Gasteiger partial charge in [0.05, 0.1) is 4.91 Å². The van der Waals surface area contributed by atoms with Crippen molar-refractivity contribution in [2.45, 2.75) is 43.9 Å². The topological polar surface area (TPSA) is 49.4 Å². The summed E-state index contributed by atoms with van der Waals surface area (Å²) in [7, 11) is 1.89. The van der Waals surface area contributed by atoms with E-state index in [0.29, 0.717) is 11.8 Å². The number of amides is 2. The van der Waals surface area contributed by atoms with Gasteiger partial charge in [-0.15, -0.1) is 11.8 Å². The monoisotopic (exact) mass is 434 g/mol. The van der Waals surface area contributed by atoms with Crippen LogP contribution >= 0.6 is 11.8 Å². The molecule has 3 unspecified atom stereocenters. The molecule has 0 radical (unpaired) electrons. The number of fused-ring (bicyclic) bond motifs is 1. The number of thioether (sulfide) groups is 1. The number of rotatable bonds is 5. The van der Waals surface area contributed by atoms with Gasteiger partial charge in [0.2, 0.25) is 5.91 Å². The highest BCUT2D eigenvalue weighted by Crippen LogP contribution is 2.43. The van der Waals surface area contributed by atoms with E-state index in [1.165, 1.54) is 11.1 Å². The van der Waals surface area contributed by atoms with Gasteiger partial charge in [-0.1, -0.05) is 60.2 Å². The summed E-state index contributed by atoms with van der Waals surface area (Å²) in [4.78, 5) is 28.4. The molecule has 1 heterocycles. The van der Waals surface area contributed by atoms with E-state index in [-0.39, 0.29) is 23.8 Å². The summed E-state index contributed by atoms with van der Waals surface area (Å²) in [6, 6.07) is 18.6. The van der Waals surface area contributed by atoms with Gasteiger partial charge in [-0.3, -0.25) is 9.59 Å². The Morgan fingerprint density at radius 3 is 2.61 bits per heavy atom. The second-order valence-electron chi connectivity index (χ2n) is 8.60. The van der Waals surface area contributed by atoms with Crippen LogP contribution in [-0.2, 0) is 16.0 Å². The number of carbonyl (C=O) groups is 2. The molecule has 3 atom stereocenters. The van der Waals surface area contributed by atoms with E-state index in [2.05, 4.69) is 48.6 Å². The second-order valence-corrected chi connectivity index (χ2v) is 9.88. The largest absolute Gasteiger partial charge is 0.356 e. The molecule has 4 nitrogen and oxygen atoms in total. The second kappa shape index (κ2) is 9.73. The van der Waals surface area contributed by atoms with Crippen LogP contribution in [0.1, 0.15) is 36.0 Å². The van der Waals surface area contributed by atoms with Gasteiger partial charge in [0.25, 0.3) is 5.91 Å². The normalized spacial score (nSPS) is 24.7. The molecular formula is C26H30N2O2S. The van der Waals surface area contributed by atoms with Gasteiger partial charge < -0.3 is 10.2 Å². The molecular weight excluding hydrogens is 404 g/mol. The molecule has 5 heteroatoms. The predicted octanol–water partition coefficient (Wildman–Crippen LogP) is 4.44. The van der Waals surface area contributed by atoms with Gasteiger partial charge in [0.1, 0.15) is 0 Å². The van der Waals surface area contributed by atoms with Crippen molar-refractivity contribution in [1.82, 2.24) is 10.2 Å². The third-order valence-electron chi connectivity index (χ3n) is 6.36. The van der Waals surface area contributed by atoms with Crippen molar-refractivity contribution >= 4 is 29.7 Å². The van der Waals surface area contributed by atoms with E-state index in [4.69, 9.17) is 0 Å². The Kier molecular flexibility index (Phi) is 6.81. The number of likely N-dealkylation sites (N-methyl/N-ethyl adjacent to an activating group) is 1. The van der Waals surface area contributed by atoms with E-state index < -0.39 is 0 Å². The quantitative estimate of drug-likeness (QED) is 0.708. The van der Waals surface area contributed by atoms with Crippen LogP contribution in [0, 0.1) is 12.8 Å². The van der Waals surface area contributed by atoms with Crippen molar-refractivity contribution in [3.63, 3.8) is 0 Å². The van der Waals surface area contributed by atoms with Crippen LogP contribution in [0.15, 0.2) is 59.5 Å². The third-order valence-corrected chi connectivity index (χ3v) is 7.76. The van der Waals surface area contributed by atoms with Crippen LogP contribution < -0.4 is 5.32 Å². The van der Waals surface area contributed by atoms with Crippen LogP contribution in [0.2, 0.25) is 0 Å². The summed E-state index contributed by atoms with van der Waals surface area (Å²) in [6.07, 6.45) is 5.42. The van der Waals surface area contributed by atoms with Crippen LogP contribution in [0.5, 0.6) is 0 Å². The van der Waals surface area contributed by atoms with Gasteiger partial charge in [-0.2, -0.15) is 0 Å². The number of carbonyl (C=O) groups excluding carboxylic acids is 2. The third kappa shape index (κ3) is 5.21. The summed E-state index contributed by atoms with van der Waals surface area (Å²) in [5.41, 5.74) is 3.50. The van der Waals surface area contributed by atoms with Gasteiger partial charge in [-0.05, 0) is 49.8 Å². The number of nitrogens with zero attached hydrogens (tertiary/aromatic N) is 1. The SMILES string of the molecule is Cc1ccc(/C=C2\SC3CCC(C(=O)NCCc4ccccc4)CC3N(C)C2=O)cc1. The van der Waals surface area contributed by atoms with E-state index in [1.54, 1.807) is 11.8 Å².